The molecule has 0 radical (unpaired) electrons. The minimum atomic E-state index is -0.426. The van der Waals surface area contributed by atoms with Crippen LogP contribution in [0.15, 0.2) is 78.8 Å². The maximum absolute atomic E-state index is 13.3. The molecule has 0 fully saturated rings. The highest BCUT2D eigenvalue weighted by atomic mass is 16.5. The number of nitrogens with zero attached hydrogens (tertiary/aromatic N) is 2. The van der Waals surface area contributed by atoms with Gasteiger partial charge in [0.15, 0.2) is 17.3 Å². The Hall–Kier alpha value is -5.18. The average molecular weight is 523 g/mol. The van der Waals surface area contributed by atoms with Crippen molar-refractivity contribution in [3.63, 3.8) is 0 Å². The van der Waals surface area contributed by atoms with E-state index in [4.69, 9.17) is 23.7 Å². The third kappa shape index (κ3) is 4.54. The van der Waals surface area contributed by atoms with Crippen molar-refractivity contribution in [3.8, 4) is 34.8 Å². The molecule has 0 spiro atoms. The number of ether oxygens (including phenoxy) is 5. The van der Waals surface area contributed by atoms with Crippen LogP contribution >= 0.6 is 0 Å². The molecular weight excluding hydrogens is 500 g/mol. The Labute approximate surface area is 223 Å². The van der Waals surface area contributed by atoms with Crippen LogP contribution < -0.4 is 23.7 Å². The van der Waals surface area contributed by atoms with Gasteiger partial charge in [-0.15, -0.1) is 0 Å². The van der Waals surface area contributed by atoms with E-state index in [9.17, 15) is 9.59 Å². The number of hydrogen-bond donors (Lipinski definition) is 0. The summed E-state index contributed by atoms with van der Waals surface area (Å²) in [5.41, 5.74) is 2.52. The van der Waals surface area contributed by atoms with E-state index in [-0.39, 0.29) is 29.9 Å². The van der Waals surface area contributed by atoms with Gasteiger partial charge in [-0.1, -0.05) is 18.2 Å². The van der Waals surface area contributed by atoms with E-state index in [1.54, 1.807) is 75.2 Å². The van der Waals surface area contributed by atoms with E-state index in [2.05, 4.69) is 9.97 Å². The number of esters is 1. The van der Waals surface area contributed by atoms with Gasteiger partial charge in [0.1, 0.15) is 17.2 Å². The zero-order valence-electron chi connectivity index (χ0n) is 21.0. The Morgan fingerprint density at radius 3 is 2.51 bits per heavy atom. The molecular formula is C30H22N2O7. The van der Waals surface area contributed by atoms with E-state index < -0.39 is 5.92 Å². The second-order valence-corrected chi connectivity index (χ2v) is 8.84. The number of fused-ring (bicyclic) bond motifs is 3. The van der Waals surface area contributed by atoms with Crippen LogP contribution in [0, 0.1) is 0 Å². The third-order valence-electron chi connectivity index (χ3n) is 6.50. The van der Waals surface area contributed by atoms with Gasteiger partial charge >= 0.3 is 12.0 Å². The molecule has 1 unspecified atom stereocenters. The number of hydrogen-bond acceptors (Lipinski definition) is 9. The van der Waals surface area contributed by atoms with E-state index in [0.717, 1.165) is 5.56 Å². The Kier molecular flexibility index (Phi) is 6.16. The van der Waals surface area contributed by atoms with Gasteiger partial charge in [0.2, 0.25) is 5.78 Å². The van der Waals surface area contributed by atoms with Crippen LogP contribution in [0.2, 0.25) is 0 Å². The second-order valence-electron chi connectivity index (χ2n) is 8.84. The number of Topliss-reactive ketones (excluding diaryl/α,β-unsaturated/α-hetero) is 1. The zero-order valence-corrected chi connectivity index (χ0v) is 21.0. The molecule has 6 rings (SSSR count). The van der Waals surface area contributed by atoms with Crippen LogP contribution in [0.3, 0.4) is 0 Å². The fourth-order valence-electron chi connectivity index (χ4n) is 4.72. The van der Waals surface area contributed by atoms with Gasteiger partial charge in [0.25, 0.3) is 0 Å². The highest BCUT2D eigenvalue weighted by molar-refractivity contribution is 6.15. The Bertz CT molecular complexity index is 1630. The van der Waals surface area contributed by atoms with Crippen molar-refractivity contribution in [1.29, 1.82) is 0 Å². The largest absolute Gasteiger partial charge is 0.493 e. The number of aromatic nitrogens is 2. The van der Waals surface area contributed by atoms with E-state index >= 15 is 0 Å². The first-order valence-corrected chi connectivity index (χ1v) is 12.1. The number of benzene rings is 3. The van der Waals surface area contributed by atoms with Crippen molar-refractivity contribution in [1.82, 2.24) is 9.97 Å². The van der Waals surface area contributed by atoms with Gasteiger partial charge in [-0.05, 0) is 59.7 Å². The van der Waals surface area contributed by atoms with Crippen molar-refractivity contribution in [3.05, 3.63) is 101 Å². The van der Waals surface area contributed by atoms with Gasteiger partial charge in [0, 0.05) is 23.9 Å². The second kappa shape index (κ2) is 9.94. The van der Waals surface area contributed by atoms with E-state index in [0.29, 0.717) is 45.4 Å². The van der Waals surface area contributed by atoms with Crippen LogP contribution in [0.1, 0.15) is 39.4 Å². The summed E-state index contributed by atoms with van der Waals surface area (Å²) >= 11 is 0. The highest BCUT2D eigenvalue weighted by Gasteiger charge is 2.38. The SMILES string of the molecule is COc1ccc(/C=C2\Oc3c(ccc4c3C(c3cccc(Oc5ncccn5)c3)CC(=O)O4)C2=O)cc1OC. The van der Waals surface area contributed by atoms with Crippen molar-refractivity contribution in [2.24, 2.45) is 0 Å². The zero-order chi connectivity index (χ0) is 26.9. The lowest BCUT2D eigenvalue weighted by Crippen LogP contribution is -2.21. The van der Waals surface area contributed by atoms with E-state index in [1.165, 1.54) is 0 Å². The van der Waals surface area contributed by atoms with Crippen molar-refractivity contribution in [2.75, 3.05) is 14.2 Å². The predicted octanol–water partition coefficient (Wildman–Crippen LogP) is 5.34. The van der Waals surface area contributed by atoms with Crippen LogP contribution in [0.25, 0.3) is 6.08 Å². The van der Waals surface area contributed by atoms with E-state index in [1.807, 2.05) is 18.2 Å². The molecule has 0 aliphatic carbocycles. The molecule has 39 heavy (non-hydrogen) atoms. The maximum Gasteiger partial charge on any atom is 0.321 e. The number of ketones is 1. The normalized spacial score (nSPS) is 16.7. The first kappa shape index (κ1) is 24.2. The smallest absolute Gasteiger partial charge is 0.321 e. The lowest BCUT2D eigenvalue weighted by molar-refractivity contribution is -0.135. The molecule has 194 valence electrons. The molecule has 1 atom stereocenters. The number of carbonyl (C=O) groups is 2. The number of methoxy groups -OCH3 is 2. The summed E-state index contributed by atoms with van der Waals surface area (Å²) in [6.07, 6.45) is 4.89. The summed E-state index contributed by atoms with van der Waals surface area (Å²) in [4.78, 5) is 34.1. The molecule has 0 saturated heterocycles. The molecule has 4 aromatic rings. The van der Waals surface area contributed by atoms with Crippen molar-refractivity contribution < 1.29 is 33.3 Å². The van der Waals surface area contributed by atoms with Crippen LogP contribution in [0.4, 0.5) is 0 Å². The van der Waals surface area contributed by atoms with Crippen LogP contribution in [-0.2, 0) is 4.79 Å². The minimum Gasteiger partial charge on any atom is -0.493 e. The van der Waals surface area contributed by atoms with Crippen LogP contribution in [0.5, 0.6) is 34.8 Å². The Balaban J connectivity index is 1.38. The molecule has 1 aromatic heterocycles. The van der Waals surface area contributed by atoms with Gasteiger partial charge in [-0.25, -0.2) is 9.97 Å². The first-order chi connectivity index (χ1) is 19.0. The van der Waals surface area contributed by atoms with Gasteiger partial charge < -0.3 is 23.7 Å². The van der Waals surface area contributed by atoms with Gasteiger partial charge in [-0.2, -0.15) is 0 Å². The molecule has 0 saturated carbocycles. The third-order valence-corrected chi connectivity index (χ3v) is 6.50. The number of allylic oxidation sites excluding steroid dienone is 1. The molecule has 3 aromatic carbocycles. The summed E-state index contributed by atoms with van der Waals surface area (Å²) in [5, 5.41) is 0. The summed E-state index contributed by atoms with van der Waals surface area (Å²) in [6.45, 7) is 0. The topological polar surface area (TPSA) is 106 Å². The molecule has 2 aliphatic rings. The number of rotatable bonds is 6. The fraction of sp³-hybridized carbons (Fsp3) is 0.133. The lowest BCUT2D eigenvalue weighted by atomic mass is 9.84. The summed E-state index contributed by atoms with van der Waals surface area (Å²) in [6, 6.07) is 17.8. The van der Waals surface area contributed by atoms with Gasteiger partial charge in [-0.3, -0.25) is 9.59 Å². The van der Waals surface area contributed by atoms with Crippen molar-refractivity contribution in [2.45, 2.75) is 12.3 Å². The molecule has 9 nitrogen and oxygen atoms in total. The van der Waals surface area contributed by atoms with Crippen LogP contribution in [-0.4, -0.2) is 35.9 Å². The lowest BCUT2D eigenvalue weighted by Gasteiger charge is -2.26. The number of carbonyl (C=O) groups excluding carboxylic acids is 2. The van der Waals surface area contributed by atoms with Gasteiger partial charge in [0.05, 0.1) is 26.2 Å². The molecule has 2 aliphatic heterocycles. The maximum atomic E-state index is 13.3. The quantitative estimate of drug-likeness (QED) is 0.188. The Morgan fingerprint density at radius 2 is 1.72 bits per heavy atom. The summed E-state index contributed by atoms with van der Waals surface area (Å²) in [7, 11) is 3.10. The van der Waals surface area contributed by atoms with Crippen molar-refractivity contribution >= 4 is 17.8 Å². The predicted molar refractivity (Wildman–Crippen MR) is 140 cm³/mol. The highest BCUT2D eigenvalue weighted by Crippen LogP contribution is 2.49. The average Bonchev–Trinajstić information content (AvgIpc) is 3.27. The molecule has 0 N–H and O–H groups in total. The molecule has 9 heteroatoms. The standard InChI is InChI=1S/C30H22N2O7/c1-35-22-9-7-17(13-24(22)36-2)14-25-28(34)20-8-10-23-27(29(20)39-25)21(16-26(33)38-23)18-5-3-6-19(15-18)37-30-31-11-4-12-32-30/h3-15,21H,16H2,1-2H3/b25-14-. The minimum absolute atomic E-state index is 0.0705. The molecule has 0 amide bonds. The molecule has 3 heterocycles. The first-order valence-electron chi connectivity index (χ1n) is 12.1. The fourth-order valence-corrected chi connectivity index (χ4v) is 4.72. The monoisotopic (exact) mass is 522 g/mol. The molecule has 0 bridgehead atoms. The summed E-state index contributed by atoms with van der Waals surface area (Å²) in [5.74, 6) is 1.43. The summed E-state index contributed by atoms with van der Waals surface area (Å²) < 4.78 is 28.2. The Morgan fingerprint density at radius 1 is 0.897 bits per heavy atom.